The SMILES string of the molecule is O=C(O)CCn1c(O)c2n(c1=O)Cc1c(c3ccccc3n1Cc1ccc(F)cc1F)C2. The first-order valence-electron chi connectivity index (χ1n) is 10.1. The molecule has 0 amide bonds. The predicted octanol–water partition coefficient (Wildman–Crippen LogP) is 3.06. The van der Waals surface area contributed by atoms with E-state index in [2.05, 4.69) is 0 Å². The number of benzene rings is 2. The fourth-order valence-electron chi connectivity index (χ4n) is 4.50. The highest BCUT2D eigenvalue weighted by atomic mass is 19.1. The first kappa shape index (κ1) is 20.0. The maximum absolute atomic E-state index is 14.4. The summed E-state index contributed by atoms with van der Waals surface area (Å²) in [6, 6.07) is 11.0. The lowest BCUT2D eigenvalue weighted by molar-refractivity contribution is -0.137. The van der Waals surface area contributed by atoms with E-state index in [1.165, 1.54) is 16.7 Å². The van der Waals surface area contributed by atoms with Gasteiger partial charge in [0.15, 0.2) is 0 Å². The third kappa shape index (κ3) is 3.08. The van der Waals surface area contributed by atoms with Crippen LogP contribution in [0.3, 0.4) is 0 Å². The minimum absolute atomic E-state index is 0.133. The second-order valence-corrected chi connectivity index (χ2v) is 7.88. The third-order valence-electron chi connectivity index (χ3n) is 6.04. The largest absolute Gasteiger partial charge is 0.493 e. The standard InChI is InChI=1S/C23H19F2N3O4/c24-14-6-5-13(17(25)9-14)11-27-18-4-2-1-3-15(18)16-10-19-22(31)26(8-7-21(29)30)23(32)28(19)12-20(16)27/h1-6,9,31H,7-8,10-12H2,(H,29,30). The predicted molar refractivity (Wildman–Crippen MR) is 112 cm³/mol. The number of nitrogens with zero attached hydrogens (tertiary/aromatic N) is 3. The molecule has 1 aliphatic heterocycles. The number of carbonyl (C=O) groups is 1. The van der Waals surface area contributed by atoms with Crippen LogP contribution in [0.15, 0.2) is 47.3 Å². The van der Waals surface area contributed by atoms with E-state index in [4.69, 9.17) is 5.11 Å². The molecule has 0 saturated heterocycles. The first-order chi connectivity index (χ1) is 15.3. The molecule has 0 bridgehead atoms. The van der Waals surface area contributed by atoms with E-state index in [9.17, 15) is 23.5 Å². The van der Waals surface area contributed by atoms with Gasteiger partial charge in [-0.2, -0.15) is 0 Å². The fraction of sp³-hybridized carbons (Fsp3) is 0.217. The molecule has 7 nitrogen and oxygen atoms in total. The van der Waals surface area contributed by atoms with Gasteiger partial charge < -0.3 is 14.8 Å². The zero-order valence-electron chi connectivity index (χ0n) is 16.9. The molecule has 2 aromatic heterocycles. The molecule has 0 atom stereocenters. The molecule has 1 aliphatic rings. The van der Waals surface area contributed by atoms with Crippen LogP contribution in [0.4, 0.5) is 8.78 Å². The van der Waals surface area contributed by atoms with Crippen LogP contribution in [0.2, 0.25) is 0 Å². The molecule has 0 unspecified atom stereocenters. The van der Waals surface area contributed by atoms with E-state index in [0.717, 1.165) is 32.8 Å². The Morgan fingerprint density at radius 1 is 1.06 bits per heavy atom. The Labute approximate surface area is 180 Å². The van der Waals surface area contributed by atoms with Crippen LogP contribution in [0, 0.1) is 11.6 Å². The Balaban J connectivity index is 1.63. The fourth-order valence-corrected chi connectivity index (χ4v) is 4.50. The van der Waals surface area contributed by atoms with E-state index in [0.29, 0.717) is 11.3 Å². The number of aromatic nitrogens is 3. The maximum Gasteiger partial charge on any atom is 0.331 e. The number of imidazole rings is 1. The number of aliphatic carboxylic acids is 1. The Hall–Kier alpha value is -3.88. The van der Waals surface area contributed by atoms with Crippen molar-refractivity contribution in [3.05, 3.63) is 87.1 Å². The van der Waals surface area contributed by atoms with Crippen molar-refractivity contribution >= 4 is 16.9 Å². The number of halogens is 2. The highest BCUT2D eigenvalue weighted by Crippen LogP contribution is 2.35. The van der Waals surface area contributed by atoms with Gasteiger partial charge in [0.05, 0.1) is 25.2 Å². The lowest BCUT2D eigenvalue weighted by Crippen LogP contribution is -2.29. The van der Waals surface area contributed by atoms with E-state index in [1.54, 1.807) is 0 Å². The molecular weight excluding hydrogens is 420 g/mol. The number of carboxylic acids is 1. The summed E-state index contributed by atoms with van der Waals surface area (Å²) < 4.78 is 32.2. The van der Waals surface area contributed by atoms with Gasteiger partial charge >= 0.3 is 11.7 Å². The van der Waals surface area contributed by atoms with Gasteiger partial charge in [0.25, 0.3) is 0 Å². The van der Waals surface area contributed by atoms with Gasteiger partial charge in [-0.1, -0.05) is 24.3 Å². The molecule has 2 aromatic carbocycles. The van der Waals surface area contributed by atoms with E-state index < -0.39 is 23.3 Å². The Morgan fingerprint density at radius 3 is 2.59 bits per heavy atom. The summed E-state index contributed by atoms with van der Waals surface area (Å²) in [4.78, 5) is 23.8. The lowest BCUT2D eigenvalue weighted by Gasteiger charge is -2.18. The molecule has 2 N–H and O–H groups in total. The minimum Gasteiger partial charge on any atom is -0.493 e. The second-order valence-electron chi connectivity index (χ2n) is 7.88. The molecule has 9 heteroatoms. The van der Waals surface area contributed by atoms with E-state index >= 15 is 0 Å². The Bertz CT molecular complexity index is 1450. The van der Waals surface area contributed by atoms with Crippen molar-refractivity contribution in [1.29, 1.82) is 0 Å². The molecule has 3 heterocycles. The highest BCUT2D eigenvalue weighted by molar-refractivity contribution is 5.86. The zero-order chi connectivity index (χ0) is 22.6. The van der Waals surface area contributed by atoms with Crippen LogP contribution in [-0.2, 0) is 30.8 Å². The molecule has 4 aromatic rings. The quantitative estimate of drug-likeness (QED) is 0.441. The number of hydrogen-bond acceptors (Lipinski definition) is 3. The van der Waals surface area contributed by atoms with E-state index in [1.807, 2.05) is 28.8 Å². The van der Waals surface area contributed by atoms with Gasteiger partial charge in [0, 0.05) is 41.2 Å². The first-order valence-corrected chi connectivity index (χ1v) is 10.1. The zero-order valence-corrected chi connectivity index (χ0v) is 16.9. The number of aromatic hydroxyl groups is 1. The van der Waals surface area contributed by atoms with Crippen molar-refractivity contribution in [3.63, 3.8) is 0 Å². The summed E-state index contributed by atoms with van der Waals surface area (Å²) in [5.41, 5.74) is 2.79. The molecular formula is C23H19F2N3O4. The van der Waals surface area contributed by atoms with Crippen LogP contribution >= 0.6 is 0 Å². The van der Waals surface area contributed by atoms with Gasteiger partial charge in [0.2, 0.25) is 5.88 Å². The smallest absolute Gasteiger partial charge is 0.331 e. The van der Waals surface area contributed by atoms with Crippen LogP contribution in [-0.4, -0.2) is 29.9 Å². The topological polar surface area (TPSA) is 89.4 Å². The molecule has 164 valence electrons. The van der Waals surface area contributed by atoms with Crippen molar-refractivity contribution in [1.82, 2.24) is 13.7 Å². The minimum atomic E-state index is -1.07. The number of para-hydroxylation sites is 1. The summed E-state index contributed by atoms with van der Waals surface area (Å²) in [5.74, 6) is -2.60. The van der Waals surface area contributed by atoms with Gasteiger partial charge in [-0.3, -0.25) is 13.9 Å². The number of carboxylic acid groups (broad SMARTS) is 1. The van der Waals surface area contributed by atoms with Crippen molar-refractivity contribution in [3.8, 4) is 5.88 Å². The molecule has 0 saturated carbocycles. The third-order valence-corrected chi connectivity index (χ3v) is 6.04. The number of hydrogen-bond donors (Lipinski definition) is 2. The van der Waals surface area contributed by atoms with Gasteiger partial charge in [-0.25, -0.2) is 13.6 Å². The maximum atomic E-state index is 14.4. The average Bonchev–Trinajstić information content (AvgIpc) is 3.19. The van der Waals surface area contributed by atoms with Gasteiger partial charge in [0.1, 0.15) is 11.6 Å². The summed E-state index contributed by atoms with van der Waals surface area (Å²) in [6.07, 6.45) is -0.0151. The van der Waals surface area contributed by atoms with Gasteiger partial charge in [-0.15, -0.1) is 0 Å². The summed E-state index contributed by atoms with van der Waals surface area (Å²) in [7, 11) is 0. The normalized spacial score (nSPS) is 12.7. The summed E-state index contributed by atoms with van der Waals surface area (Å²) in [6.45, 7) is 0.165. The Kier molecular flexibility index (Phi) is 4.61. The summed E-state index contributed by atoms with van der Waals surface area (Å²) in [5, 5.41) is 20.5. The lowest BCUT2D eigenvalue weighted by atomic mass is 10.0. The molecule has 32 heavy (non-hydrogen) atoms. The monoisotopic (exact) mass is 439 g/mol. The van der Waals surface area contributed by atoms with Crippen LogP contribution in [0.25, 0.3) is 10.9 Å². The molecule has 5 rings (SSSR count). The van der Waals surface area contributed by atoms with Gasteiger partial charge in [-0.05, 0) is 17.7 Å². The Morgan fingerprint density at radius 2 is 1.84 bits per heavy atom. The van der Waals surface area contributed by atoms with Crippen molar-refractivity contribution in [2.75, 3.05) is 0 Å². The van der Waals surface area contributed by atoms with Crippen LogP contribution in [0.5, 0.6) is 5.88 Å². The average molecular weight is 439 g/mol. The van der Waals surface area contributed by atoms with Crippen LogP contribution < -0.4 is 5.69 Å². The molecule has 0 fully saturated rings. The van der Waals surface area contributed by atoms with Crippen LogP contribution in [0.1, 0.15) is 28.9 Å². The van der Waals surface area contributed by atoms with Crippen molar-refractivity contribution < 1.29 is 23.8 Å². The second kappa shape index (κ2) is 7.37. The molecule has 0 aliphatic carbocycles. The molecule has 0 radical (unpaired) electrons. The highest BCUT2D eigenvalue weighted by Gasteiger charge is 2.29. The van der Waals surface area contributed by atoms with Crippen molar-refractivity contribution in [2.45, 2.75) is 32.5 Å². The number of fused-ring (bicyclic) bond motifs is 4. The van der Waals surface area contributed by atoms with E-state index in [-0.39, 0.29) is 38.4 Å². The summed E-state index contributed by atoms with van der Waals surface area (Å²) >= 11 is 0. The van der Waals surface area contributed by atoms with Crippen molar-refractivity contribution in [2.24, 2.45) is 0 Å². The molecule has 0 spiro atoms. The number of rotatable bonds is 5.